The monoisotopic (exact) mass is 304 g/mol. The Morgan fingerprint density at radius 3 is 2.83 bits per heavy atom. The summed E-state index contributed by atoms with van der Waals surface area (Å²) in [6.07, 6.45) is 6.41. The molecule has 0 radical (unpaired) electrons. The predicted molar refractivity (Wildman–Crippen MR) is 95.5 cm³/mol. The number of aromatic nitrogens is 1. The van der Waals surface area contributed by atoms with Gasteiger partial charge in [-0.1, -0.05) is 32.1 Å². The lowest BCUT2D eigenvalue weighted by Gasteiger charge is -2.50. The molecule has 0 amide bonds. The van der Waals surface area contributed by atoms with Gasteiger partial charge in [-0.15, -0.1) is 6.58 Å². The van der Waals surface area contributed by atoms with Crippen LogP contribution in [0.15, 0.2) is 37.1 Å². The maximum atomic E-state index is 7.90. The van der Waals surface area contributed by atoms with Crippen LogP contribution in [-0.2, 0) is 5.41 Å². The second-order valence-corrected chi connectivity index (χ2v) is 8.15. The third kappa shape index (κ3) is 1.68. The third-order valence-corrected chi connectivity index (χ3v) is 6.77. The van der Waals surface area contributed by atoms with Crippen molar-refractivity contribution in [3.05, 3.63) is 59.6 Å². The minimum absolute atomic E-state index is 0.0228. The van der Waals surface area contributed by atoms with Gasteiger partial charge in [-0.3, -0.25) is 0 Å². The van der Waals surface area contributed by atoms with E-state index in [0.29, 0.717) is 11.8 Å². The van der Waals surface area contributed by atoms with E-state index in [9.17, 15) is 0 Å². The smallest absolute Gasteiger partial charge is 0.239 e. The van der Waals surface area contributed by atoms with Gasteiger partial charge in [-0.05, 0) is 48.3 Å². The summed E-state index contributed by atoms with van der Waals surface area (Å²) in [7, 11) is 0. The summed E-state index contributed by atoms with van der Waals surface area (Å²) in [5.74, 6) is 0.812. The number of rotatable bonds is 1. The molecule has 0 unspecified atom stereocenters. The van der Waals surface area contributed by atoms with Gasteiger partial charge in [0.25, 0.3) is 0 Å². The zero-order chi connectivity index (χ0) is 16.4. The Labute approximate surface area is 138 Å². The lowest BCUT2D eigenvalue weighted by molar-refractivity contribution is 0.119. The highest BCUT2D eigenvalue weighted by molar-refractivity contribution is 5.89. The highest BCUT2D eigenvalue weighted by atomic mass is 14.8. The molecule has 0 bridgehead atoms. The Balaban J connectivity index is 2.02. The molecule has 23 heavy (non-hydrogen) atoms. The second-order valence-electron chi connectivity index (χ2n) is 8.15. The van der Waals surface area contributed by atoms with Gasteiger partial charge < -0.3 is 9.83 Å². The van der Waals surface area contributed by atoms with Crippen LogP contribution in [0.25, 0.3) is 15.7 Å². The fraction of sp³-hybridized carbons (Fsp3) is 0.476. The van der Waals surface area contributed by atoms with E-state index in [2.05, 4.69) is 61.6 Å². The van der Waals surface area contributed by atoms with Crippen LogP contribution in [0.4, 0.5) is 0 Å². The van der Waals surface area contributed by atoms with Gasteiger partial charge in [0.05, 0.1) is 11.3 Å². The lowest BCUT2D eigenvalue weighted by atomic mass is 9.51. The summed E-state index contributed by atoms with van der Waals surface area (Å²) >= 11 is 0. The van der Waals surface area contributed by atoms with Crippen LogP contribution in [0, 0.1) is 17.9 Å². The molecular weight excluding hydrogens is 280 g/mol. The number of hydrogen-bond acceptors (Lipinski definition) is 0. The summed E-state index contributed by atoms with van der Waals surface area (Å²) in [4.78, 5) is 7.58. The third-order valence-electron chi connectivity index (χ3n) is 6.77. The number of nitrogens with zero attached hydrogens (tertiary/aromatic N) is 1. The number of H-pyrrole nitrogens is 1. The van der Waals surface area contributed by atoms with Gasteiger partial charge >= 0.3 is 0 Å². The van der Waals surface area contributed by atoms with Crippen LogP contribution >= 0.6 is 0 Å². The van der Waals surface area contributed by atoms with E-state index in [0.717, 1.165) is 12.8 Å². The zero-order valence-electron chi connectivity index (χ0n) is 14.2. The van der Waals surface area contributed by atoms with Crippen molar-refractivity contribution in [1.82, 2.24) is 4.98 Å². The largest absolute Gasteiger partial charge is 0.361 e. The van der Waals surface area contributed by atoms with Gasteiger partial charge in [-0.2, -0.15) is 0 Å². The first kappa shape index (κ1) is 14.6. The number of fused-ring (bicyclic) bond motifs is 2. The van der Waals surface area contributed by atoms with Crippen molar-refractivity contribution in [3.8, 4) is 0 Å². The molecule has 1 aromatic carbocycles. The molecule has 4 rings (SSSR count). The molecule has 0 aliphatic heterocycles. The molecule has 1 saturated carbocycles. The second kappa shape index (κ2) is 4.51. The molecule has 1 N–H and O–H groups in total. The Morgan fingerprint density at radius 2 is 2.13 bits per heavy atom. The Kier molecular flexibility index (Phi) is 2.86. The molecule has 0 spiro atoms. The SMILES string of the molecule is [C-]#[N+][C@@H]1[C@H]2c3c[nH]c4cccc(c34)C(C)(C)[C@H]2CC[C@]1(C)C=C. The minimum atomic E-state index is -0.0884. The van der Waals surface area contributed by atoms with E-state index in [1.54, 1.807) is 0 Å². The number of nitrogens with one attached hydrogen (secondary N) is 1. The van der Waals surface area contributed by atoms with Crippen LogP contribution < -0.4 is 0 Å². The van der Waals surface area contributed by atoms with Gasteiger partial charge in [0.2, 0.25) is 6.04 Å². The quantitative estimate of drug-likeness (QED) is 0.535. The van der Waals surface area contributed by atoms with Crippen molar-refractivity contribution in [2.75, 3.05) is 0 Å². The first-order valence-corrected chi connectivity index (χ1v) is 8.54. The number of aromatic amines is 1. The van der Waals surface area contributed by atoms with Gasteiger partial charge in [0, 0.05) is 17.1 Å². The lowest BCUT2D eigenvalue weighted by Crippen LogP contribution is -2.49. The number of hydrogen-bond donors (Lipinski definition) is 1. The van der Waals surface area contributed by atoms with Gasteiger partial charge in [0.1, 0.15) is 0 Å². The molecule has 0 saturated heterocycles. The van der Waals surface area contributed by atoms with E-state index >= 15 is 0 Å². The summed E-state index contributed by atoms with van der Waals surface area (Å²) in [5, 5.41) is 1.36. The van der Waals surface area contributed by atoms with Crippen molar-refractivity contribution in [3.63, 3.8) is 0 Å². The average molecular weight is 304 g/mol. The van der Waals surface area contributed by atoms with Crippen molar-refractivity contribution in [1.29, 1.82) is 0 Å². The van der Waals surface area contributed by atoms with E-state index in [1.807, 2.05) is 6.08 Å². The summed E-state index contributed by atoms with van der Waals surface area (Å²) in [6, 6.07) is 6.57. The average Bonchev–Trinajstić information content (AvgIpc) is 2.97. The van der Waals surface area contributed by atoms with E-state index in [-0.39, 0.29) is 16.9 Å². The first-order chi connectivity index (χ1) is 10.9. The Morgan fingerprint density at radius 1 is 1.35 bits per heavy atom. The molecule has 4 atom stereocenters. The van der Waals surface area contributed by atoms with E-state index in [1.165, 1.54) is 22.0 Å². The van der Waals surface area contributed by atoms with Crippen LogP contribution in [-0.4, -0.2) is 11.0 Å². The van der Waals surface area contributed by atoms with Crippen molar-refractivity contribution in [2.45, 2.75) is 51.0 Å². The van der Waals surface area contributed by atoms with Crippen LogP contribution in [0.1, 0.15) is 50.7 Å². The van der Waals surface area contributed by atoms with Gasteiger partial charge in [-0.25, -0.2) is 6.57 Å². The minimum Gasteiger partial charge on any atom is -0.361 e. The Bertz CT molecular complexity index is 835. The molecule has 2 nitrogen and oxygen atoms in total. The maximum absolute atomic E-state index is 7.90. The summed E-state index contributed by atoms with van der Waals surface area (Å²) < 4.78 is 0. The summed E-state index contributed by atoms with van der Waals surface area (Å²) in [5.41, 5.74) is 4.02. The maximum Gasteiger partial charge on any atom is 0.239 e. The van der Waals surface area contributed by atoms with E-state index < -0.39 is 0 Å². The standard InChI is InChI=1S/C21H24N2/c1-6-21(4)11-10-15-18(19(21)22-5)13-12-23-16-9-7-8-14(17(13)16)20(15,2)3/h6-9,12,15,18-19,23H,1,10-11H2,2-4H3/t15-,18-,19+,21-/m0/s1. The van der Waals surface area contributed by atoms with Crippen LogP contribution in [0.5, 0.6) is 0 Å². The first-order valence-electron chi connectivity index (χ1n) is 8.54. The predicted octanol–water partition coefficient (Wildman–Crippen LogP) is 5.43. The molecular formula is C21H24N2. The fourth-order valence-electron chi connectivity index (χ4n) is 5.28. The van der Waals surface area contributed by atoms with Crippen molar-refractivity contribution in [2.24, 2.45) is 11.3 Å². The molecule has 2 aromatic rings. The van der Waals surface area contributed by atoms with Crippen molar-refractivity contribution < 1.29 is 0 Å². The van der Waals surface area contributed by atoms with Gasteiger partial charge in [0.15, 0.2) is 0 Å². The highest BCUT2D eigenvalue weighted by Crippen LogP contribution is 2.59. The number of benzene rings is 1. The van der Waals surface area contributed by atoms with Crippen LogP contribution in [0.3, 0.4) is 0 Å². The fourth-order valence-corrected chi connectivity index (χ4v) is 5.28. The van der Waals surface area contributed by atoms with E-state index in [4.69, 9.17) is 6.57 Å². The molecule has 2 aliphatic rings. The normalized spacial score (nSPS) is 34.6. The summed E-state index contributed by atoms with van der Waals surface area (Å²) in [6.45, 7) is 18.9. The Hall–Kier alpha value is -2.01. The van der Waals surface area contributed by atoms with Crippen LogP contribution in [0.2, 0.25) is 0 Å². The highest BCUT2D eigenvalue weighted by Gasteiger charge is 2.57. The molecule has 1 fully saturated rings. The zero-order valence-corrected chi connectivity index (χ0v) is 14.2. The van der Waals surface area contributed by atoms with Crippen molar-refractivity contribution >= 4 is 10.9 Å². The topological polar surface area (TPSA) is 20.1 Å². The molecule has 2 heteroatoms. The molecule has 1 aromatic heterocycles. The molecule has 1 heterocycles. The molecule has 118 valence electrons. The molecule has 2 aliphatic carbocycles.